The molecule has 2 N–H and O–H groups in total. The number of aliphatic hydroxyl groups is 1. The summed E-state index contributed by atoms with van der Waals surface area (Å²) in [6, 6.07) is 8.01. The van der Waals surface area contributed by atoms with E-state index in [0.29, 0.717) is 18.4 Å². The van der Waals surface area contributed by atoms with Crippen molar-refractivity contribution in [3.8, 4) is 0 Å². The minimum Gasteiger partial charge on any atom is -0.387 e. The largest absolute Gasteiger partial charge is 0.387 e. The van der Waals surface area contributed by atoms with E-state index in [1.165, 1.54) is 18.2 Å². The first-order chi connectivity index (χ1) is 10.1. The highest BCUT2D eigenvalue weighted by Gasteiger charge is 2.12. The zero-order valence-electron chi connectivity index (χ0n) is 11.2. The van der Waals surface area contributed by atoms with E-state index in [2.05, 4.69) is 5.32 Å². The average Bonchev–Trinajstić information content (AvgIpc) is 2.98. The van der Waals surface area contributed by atoms with Crippen molar-refractivity contribution in [1.82, 2.24) is 5.32 Å². The molecule has 2 aromatic rings. The fourth-order valence-electron chi connectivity index (χ4n) is 1.83. The first kappa shape index (κ1) is 15.9. The van der Waals surface area contributed by atoms with Crippen LogP contribution in [0, 0.1) is 5.82 Å². The van der Waals surface area contributed by atoms with Crippen molar-refractivity contribution in [3.63, 3.8) is 0 Å². The SMILES string of the molecule is O=C(CCc1cccs1)NC[C@H](O)c1ccc(Cl)c(F)c1. The Morgan fingerprint density at radius 3 is 2.90 bits per heavy atom. The third-order valence-electron chi connectivity index (χ3n) is 3.00. The Kier molecular flexibility index (Phi) is 5.73. The zero-order valence-corrected chi connectivity index (χ0v) is 12.8. The van der Waals surface area contributed by atoms with Crippen LogP contribution in [0.25, 0.3) is 0 Å². The predicted molar refractivity (Wildman–Crippen MR) is 82.0 cm³/mol. The van der Waals surface area contributed by atoms with Gasteiger partial charge in [0, 0.05) is 17.8 Å². The maximum atomic E-state index is 13.3. The number of rotatable bonds is 6. The highest BCUT2D eigenvalue weighted by molar-refractivity contribution is 7.09. The molecule has 0 aliphatic heterocycles. The first-order valence-electron chi connectivity index (χ1n) is 6.48. The van der Waals surface area contributed by atoms with Crippen molar-refractivity contribution in [2.24, 2.45) is 0 Å². The van der Waals surface area contributed by atoms with Crippen molar-refractivity contribution >= 4 is 28.8 Å². The number of hydrogen-bond acceptors (Lipinski definition) is 3. The molecule has 2 rings (SSSR count). The van der Waals surface area contributed by atoms with Gasteiger partial charge in [-0.15, -0.1) is 11.3 Å². The van der Waals surface area contributed by atoms with E-state index in [1.807, 2.05) is 17.5 Å². The summed E-state index contributed by atoms with van der Waals surface area (Å²) in [5, 5.41) is 14.5. The van der Waals surface area contributed by atoms with Crippen molar-refractivity contribution in [3.05, 3.63) is 57.0 Å². The van der Waals surface area contributed by atoms with Crippen molar-refractivity contribution in [2.45, 2.75) is 18.9 Å². The van der Waals surface area contributed by atoms with E-state index < -0.39 is 11.9 Å². The Hall–Kier alpha value is -1.43. The second-order valence-corrected chi connectivity index (χ2v) is 6.01. The van der Waals surface area contributed by atoms with Gasteiger partial charge in [0.1, 0.15) is 5.82 Å². The zero-order chi connectivity index (χ0) is 15.2. The van der Waals surface area contributed by atoms with Crippen LogP contribution in [-0.2, 0) is 11.2 Å². The number of nitrogens with one attached hydrogen (secondary N) is 1. The number of hydrogen-bond donors (Lipinski definition) is 2. The Bertz CT molecular complexity index is 604. The number of carbonyl (C=O) groups is 1. The summed E-state index contributed by atoms with van der Waals surface area (Å²) in [6.07, 6.45) is 0.0830. The Morgan fingerprint density at radius 2 is 2.24 bits per heavy atom. The molecule has 1 amide bonds. The summed E-state index contributed by atoms with van der Waals surface area (Å²) in [5.41, 5.74) is 0.385. The quantitative estimate of drug-likeness (QED) is 0.855. The van der Waals surface area contributed by atoms with Gasteiger partial charge in [-0.3, -0.25) is 4.79 Å². The lowest BCUT2D eigenvalue weighted by molar-refractivity contribution is -0.121. The van der Waals surface area contributed by atoms with Crippen LogP contribution >= 0.6 is 22.9 Å². The molecule has 3 nitrogen and oxygen atoms in total. The summed E-state index contributed by atoms with van der Waals surface area (Å²) in [4.78, 5) is 12.8. The van der Waals surface area contributed by atoms with Crippen molar-refractivity contribution < 1.29 is 14.3 Å². The molecule has 0 saturated heterocycles. The van der Waals surface area contributed by atoms with Crippen LogP contribution in [0.15, 0.2) is 35.7 Å². The molecule has 0 fully saturated rings. The van der Waals surface area contributed by atoms with Gasteiger partial charge in [-0.25, -0.2) is 4.39 Å². The molecule has 0 aliphatic carbocycles. The third kappa shape index (κ3) is 4.81. The number of thiophene rings is 1. The van der Waals surface area contributed by atoms with Crippen LogP contribution in [0.1, 0.15) is 23.0 Å². The van der Waals surface area contributed by atoms with Crippen LogP contribution in [0.2, 0.25) is 5.02 Å². The van der Waals surface area contributed by atoms with E-state index in [-0.39, 0.29) is 17.5 Å². The standard InChI is InChI=1S/C15H15ClFNO2S/c16-12-5-3-10(8-13(12)17)14(19)9-18-15(20)6-4-11-2-1-7-21-11/h1-3,5,7-8,14,19H,4,6,9H2,(H,18,20)/t14-/m0/s1. The van der Waals surface area contributed by atoms with Gasteiger partial charge in [-0.2, -0.15) is 0 Å². The molecule has 1 aromatic carbocycles. The molecule has 0 saturated carbocycles. The Morgan fingerprint density at radius 1 is 1.43 bits per heavy atom. The monoisotopic (exact) mass is 327 g/mol. The smallest absolute Gasteiger partial charge is 0.220 e. The van der Waals surface area contributed by atoms with Crippen molar-refractivity contribution in [1.29, 1.82) is 0 Å². The van der Waals surface area contributed by atoms with Crippen molar-refractivity contribution in [2.75, 3.05) is 6.54 Å². The lowest BCUT2D eigenvalue weighted by atomic mass is 10.1. The lowest BCUT2D eigenvalue weighted by Crippen LogP contribution is -2.28. The molecule has 112 valence electrons. The molecule has 0 bridgehead atoms. The third-order valence-corrected chi connectivity index (χ3v) is 4.24. The van der Waals surface area contributed by atoms with E-state index >= 15 is 0 Å². The first-order valence-corrected chi connectivity index (χ1v) is 7.74. The number of carbonyl (C=O) groups excluding carboxylic acids is 1. The molecule has 0 unspecified atom stereocenters. The number of aryl methyl sites for hydroxylation is 1. The van der Waals surface area contributed by atoms with Gasteiger partial charge >= 0.3 is 0 Å². The van der Waals surface area contributed by atoms with Gasteiger partial charge in [-0.05, 0) is 35.6 Å². The maximum Gasteiger partial charge on any atom is 0.220 e. The number of benzene rings is 1. The minimum atomic E-state index is -0.956. The van der Waals surface area contributed by atoms with E-state index in [4.69, 9.17) is 11.6 Å². The molecular weight excluding hydrogens is 313 g/mol. The summed E-state index contributed by atoms with van der Waals surface area (Å²) < 4.78 is 13.3. The summed E-state index contributed by atoms with van der Waals surface area (Å²) in [6.45, 7) is 0.0460. The second-order valence-electron chi connectivity index (χ2n) is 4.57. The molecule has 0 aliphatic rings. The fraction of sp³-hybridized carbons (Fsp3) is 0.267. The molecule has 1 aromatic heterocycles. The fourth-order valence-corrected chi connectivity index (χ4v) is 2.65. The van der Waals surface area contributed by atoms with Gasteiger partial charge < -0.3 is 10.4 Å². The molecule has 21 heavy (non-hydrogen) atoms. The number of amides is 1. The second kappa shape index (κ2) is 7.54. The van der Waals surface area contributed by atoms with Crippen LogP contribution in [0.5, 0.6) is 0 Å². The lowest BCUT2D eigenvalue weighted by Gasteiger charge is -2.12. The van der Waals surface area contributed by atoms with E-state index in [0.717, 1.165) is 4.88 Å². The summed E-state index contributed by atoms with van der Waals surface area (Å²) in [7, 11) is 0. The average molecular weight is 328 g/mol. The summed E-state index contributed by atoms with van der Waals surface area (Å²) in [5.74, 6) is -0.728. The number of halogens is 2. The predicted octanol–water partition coefficient (Wildman–Crippen LogP) is 3.32. The molecule has 0 spiro atoms. The van der Waals surface area contributed by atoms with Crippen LogP contribution < -0.4 is 5.32 Å². The molecular formula is C15H15ClFNO2S. The van der Waals surface area contributed by atoms with E-state index in [9.17, 15) is 14.3 Å². The molecule has 6 heteroatoms. The Labute approximate surface area is 131 Å². The van der Waals surface area contributed by atoms with Crippen LogP contribution in [0.4, 0.5) is 4.39 Å². The number of aliphatic hydroxyl groups excluding tert-OH is 1. The highest BCUT2D eigenvalue weighted by atomic mass is 35.5. The molecule has 1 heterocycles. The summed E-state index contributed by atoms with van der Waals surface area (Å²) >= 11 is 7.18. The molecule has 0 radical (unpaired) electrons. The van der Waals surface area contributed by atoms with E-state index in [1.54, 1.807) is 11.3 Å². The van der Waals surface area contributed by atoms with Gasteiger partial charge in [0.15, 0.2) is 0 Å². The highest BCUT2D eigenvalue weighted by Crippen LogP contribution is 2.20. The van der Waals surface area contributed by atoms with Crippen LogP contribution in [0.3, 0.4) is 0 Å². The topological polar surface area (TPSA) is 49.3 Å². The van der Waals surface area contributed by atoms with Crippen LogP contribution in [-0.4, -0.2) is 17.6 Å². The van der Waals surface area contributed by atoms with Gasteiger partial charge in [0.2, 0.25) is 5.91 Å². The van der Waals surface area contributed by atoms with Gasteiger partial charge in [-0.1, -0.05) is 23.7 Å². The normalized spacial score (nSPS) is 12.1. The Balaban J connectivity index is 1.78. The maximum absolute atomic E-state index is 13.3. The molecule has 1 atom stereocenters. The van der Waals surface area contributed by atoms with Gasteiger partial charge in [0.25, 0.3) is 0 Å². The minimum absolute atomic E-state index is 0.00549. The van der Waals surface area contributed by atoms with Gasteiger partial charge in [0.05, 0.1) is 11.1 Å².